The summed E-state index contributed by atoms with van der Waals surface area (Å²) in [6.45, 7) is 1.43. The minimum Gasteiger partial charge on any atom is -0.457 e. The second-order valence-electron chi connectivity index (χ2n) is 6.06. The molecule has 3 rings (SSSR count). The molecule has 0 spiro atoms. The topological polar surface area (TPSA) is 116 Å². The predicted octanol–water partition coefficient (Wildman–Crippen LogP) is 4.39. The minimum atomic E-state index is -3.82. The number of benzene rings is 3. The second-order valence-corrected chi connectivity index (χ2v) is 7.75. The van der Waals surface area contributed by atoms with Gasteiger partial charge in [-0.25, -0.2) is 8.42 Å². The lowest BCUT2D eigenvalue weighted by molar-refractivity contribution is -0.384. The van der Waals surface area contributed by atoms with E-state index >= 15 is 0 Å². The van der Waals surface area contributed by atoms with Crippen LogP contribution in [-0.2, 0) is 10.0 Å². The molecule has 0 saturated carbocycles. The summed E-state index contributed by atoms with van der Waals surface area (Å²) in [5.41, 5.74) is 0.767. The van der Waals surface area contributed by atoms with E-state index in [2.05, 4.69) is 4.72 Å². The van der Waals surface area contributed by atoms with Gasteiger partial charge in [-0.15, -0.1) is 0 Å². The van der Waals surface area contributed by atoms with Crippen molar-refractivity contribution in [2.24, 2.45) is 0 Å². The van der Waals surface area contributed by atoms with Crippen LogP contribution >= 0.6 is 0 Å². The Labute approximate surface area is 167 Å². The summed E-state index contributed by atoms with van der Waals surface area (Å²) in [5.74, 6) is 0.654. The number of Topliss-reactive ketones (excluding diaryl/α,β-unsaturated/α-hetero) is 1. The van der Waals surface area contributed by atoms with Crippen LogP contribution in [0.5, 0.6) is 11.5 Å². The van der Waals surface area contributed by atoms with Gasteiger partial charge in [-0.1, -0.05) is 0 Å². The van der Waals surface area contributed by atoms with Crippen LogP contribution in [-0.4, -0.2) is 19.1 Å². The summed E-state index contributed by atoms with van der Waals surface area (Å²) in [4.78, 5) is 21.5. The Balaban J connectivity index is 1.71. The molecule has 0 aliphatic carbocycles. The molecular formula is C20H16N2O6S. The smallest absolute Gasteiger partial charge is 0.269 e. The van der Waals surface area contributed by atoms with Gasteiger partial charge >= 0.3 is 0 Å². The lowest BCUT2D eigenvalue weighted by Gasteiger charge is -2.10. The molecule has 0 aliphatic rings. The molecule has 0 bridgehead atoms. The number of sulfonamides is 1. The van der Waals surface area contributed by atoms with Crippen molar-refractivity contribution in [3.8, 4) is 11.5 Å². The molecule has 0 aliphatic heterocycles. The summed E-state index contributed by atoms with van der Waals surface area (Å²) in [5, 5.41) is 10.7. The Morgan fingerprint density at radius 2 is 1.41 bits per heavy atom. The highest BCUT2D eigenvalue weighted by molar-refractivity contribution is 7.92. The van der Waals surface area contributed by atoms with Crippen molar-refractivity contribution in [1.82, 2.24) is 0 Å². The fraction of sp³-hybridized carbons (Fsp3) is 0.0500. The number of non-ortho nitro benzene ring substituents is 1. The number of carbonyl (C=O) groups is 1. The van der Waals surface area contributed by atoms with Crippen LogP contribution in [0.25, 0.3) is 0 Å². The predicted molar refractivity (Wildman–Crippen MR) is 107 cm³/mol. The number of carbonyl (C=O) groups excluding carboxylic acids is 1. The Hall–Kier alpha value is -3.72. The number of hydrogen-bond donors (Lipinski definition) is 1. The second kappa shape index (κ2) is 8.11. The van der Waals surface area contributed by atoms with E-state index < -0.39 is 14.9 Å². The number of hydrogen-bond acceptors (Lipinski definition) is 6. The van der Waals surface area contributed by atoms with Crippen LogP contribution in [0.2, 0.25) is 0 Å². The van der Waals surface area contributed by atoms with Crippen molar-refractivity contribution in [1.29, 1.82) is 0 Å². The summed E-state index contributed by atoms with van der Waals surface area (Å²) in [7, 11) is -3.82. The van der Waals surface area contributed by atoms with Crippen LogP contribution < -0.4 is 9.46 Å². The summed E-state index contributed by atoms with van der Waals surface area (Å²) < 4.78 is 33.0. The van der Waals surface area contributed by atoms with Crippen molar-refractivity contribution >= 4 is 27.2 Å². The van der Waals surface area contributed by atoms with Gasteiger partial charge in [0.15, 0.2) is 5.78 Å². The maximum atomic E-state index is 12.5. The van der Waals surface area contributed by atoms with Gasteiger partial charge in [0.2, 0.25) is 0 Å². The standard InChI is InChI=1S/C20H16N2O6S/c1-14(23)15-2-4-16(5-3-15)21-29(26,27)20-12-10-19(11-13-20)28-18-8-6-17(7-9-18)22(24)25/h2-13,21H,1H3. The number of anilines is 1. The minimum absolute atomic E-state index is 0.0317. The van der Waals surface area contributed by atoms with Gasteiger partial charge in [0.05, 0.1) is 9.82 Å². The molecule has 0 amide bonds. The van der Waals surface area contributed by atoms with Crippen LogP contribution in [0.1, 0.15) is 17.3 Å². The van der Waals surface area contributed by atoms with Crippen LogP contribution in [0.15, 0.2) is 77.7 Å². The van der Waals surface area contributed by atoms with E-state index in [1.165, 1.54) is 67.6 Å². The van der Waals surface area contributed by atoms with E-state index in [-0.39, 0.29) is 16.4 Å². The summed E-state index contributed by atoms with van der Waals surface area (Å²) in [6.07, 6.45) is 0. The van der Waals surface area contributed by atoms with E-state index in [1.807, 2.05) is 0 Å². The first-order chi connectivity index (χ1) is 13.7. The van der Waals surface area contributed by atoms with Gasteiger partial charge in [-0.3, -0.25) is 19.6 Å². The number of nitro benzene ring substituents is 1. The highest BCUT2D eigenvalue weighted by atomic mass is 32.2. The van der Waals surface area contributed by atoms with E-state index in [1.54, 1.807) is 12.1 Å². The molecule has 0 aromatic heterocycles. The zero-order valence-electron chi connectivity index (χ0n) is 15.2. The van der Waals surface area contributed by atoms with Gasteiger partial charge < -0.3 is 4.74 Å². The normalized spacial score (nSPS) is 10.9. The molecule has 8 nitrogen and oxygen atoms in total. The van der Waals surface area contributed by atoms with Crippen LogP contribution in [0, 0.1) is 10.1 Å². The maximum absolute atomic E-state index is 12.5. The number of nitrogens with zero attached hydrogens (tertiary/aromatic N) is 1. The SMILES string of the molecule is CC(=O)c1ccc(NS(=O)(=O)c2ccc(Oc3ccc([N+](=O)[O-])cc3)cc2)cc1. The average molecular weight is 412 g/mol. The summed E-state index contributed by atoms with van der Waals surface area (Å²) >= 11 is 0. The fourth-order valence-electron chi connectivity index (χ4n) is 2.45. The largest absolute Gasteiger partial charge is 0.457 e. The van der Waals surface area contributed by atoms with Crippen molar-refractivity contribution in [3.05, 3.63) is 88.5 Å². The Morgan fingerprint density at radius 3 is 1.90 bits per heavy atom. The zero-order valence-corrected chi connectivity index (χ0v) is 16.0. The zero-order chi connectivity index (χ0) is 21.0. The number of ketones is 1. The van der Waals surface area contributed by atoms with E-state index in [0.717, 1.165) is 0 Å². The van der Waals surface area contributed by atoms with Crippen molar-refractivity contribution in [2.45, 2.75) is 11.8 Å². The van der Waals surface area contributed by atoms with E-state index in [9.17, 15) is 23.3 Å². The number of nitro groups is 1. The molecule has 29 heavy (non-hydrogen) atoms. The van der Waals surface area contributed by atoms with E-state index in [4.69, 9.17) is 4.74 Å². The third-order valence-electron chi connectivity index (χ3n) is 3.96. The third kappa shape index (κ3) is 4.96. The monoisotopic (exact) mass is 412 g/mol. The molecule has 0 unspecified atom stereocenters. The average Bonchev–Trinajstić information content (AvgIpc) is 2.69. The van der Waals surface area contributed by atoms with Gasteiger partial charge in [0, 0.05) is 23.4 Å². The highest BCUT2D eigenvalue weighted by Gasteiger charge is 2.15. The molecule has 3 aromatic rings. The van der Waals surface area contributed by atoms with Crippen molar-refractivity contribution in [2.75, 3.05) is 4.72 Å². The molecule has 9 heteroatoms. The third-order valence-corrected chi connectivity index (χ3v) is 5.36. The van der Waals surface area contributed by atoms with Crippen molar-refractivity contribution in [3.63, 3.8) is 0 Å². The molecular weight excluding hydrogens is 396 g/mol. The van der Waals surface area contributed by atoms with Gasteiger partial charge in [-0.2, -0.15) is 0 Å². The van der Waals surface area contributed by atoms with Crippen LogP contribution in [0.4, 0.5) is 11.4 Å². The Kier molecular flexibility index (Phi) is 5.60. The first-order valence-electron chi connectivity index (χ1n) is 8.41. The molecule has 0 heterocycles. The first kappa shape index (κ1) is 20.0. The van der Waals surface area contributed by atoms with Gasteiger partial charge in [-0.05, 0) is 67.6 Å². The van der Waals surface area contributed by atoms with Gasteiger partial charge in [0.25, 0.3) is 15.7 Å². The molecule has 0 atom stereocenters. The lowest BCUT2D eigenvalue weighted by atomic mass is 10.1. The molecule has 0 radical (unpaired) electrons. The van der Waals surface area contributed by atoms with Crippen LogP contribution in [0.3, 0.4) is 0 Å². The maximum Gasteiger partial charge on any atom is 0.269 e. The molecule has 0 saturated heterocycles. The van der Waals surface area contributed by atoms with E-state index in [0.29, 0.717) is 22.7 Å². The molecule has 1 N–H and O–H groups in total. The van der Waals surface area contributed by atoms with Crippen molar-refractivity contribution < 1.29 is 22.9 Å². The fourth-order valence-corrected chi connectivity index (χ4v) is 3.50. The molecule has 148 valence electrons. The Morgan fingerprint density at radius 1 is 0.897 bits per heavy atom. The Bertz CT molecular complexity index is 1140. The van der Waals surface area contributed by atoms with Gasteiger partial charge in [0.1, 0.15) is 11.5 Å². The summed E-state index contributed by atoms with van der Waals surface area (Å²) in [6, 6.07) is 17.4. The number of rotatable bonds is 7. The highest BCUT2D eigenvalue weighted by Crippen LogP contribution is 2.25. The lowest BCUT2D eigenvalue weighted by Crippen LogP contribution is -2.12. The number of nitrogens with one attached hydrogen (secondary N) is 1. The molecule has 3 aromatic carbocycles. The number of ether oxygens (including phenoxy) is 1. The molecule has 0 fully saturated rings. The quantitative estimate of drug-likeness (QED) is 0.349. The first-order valence-corrected chi connectivity index (χ1v) is 9.89.